The van der Waals surface area contributed by atoms with Gasteiger partial charge in [0.15, 0.2) is 5.58 Å². The number of carbonyl (C=O) groups is 1. The van der Waals surface area contributed by atoms with Crippen molar-refractivity contribution in [3.8, 4) is 0 Å². The standard InChI is InChI=1S/C17H23N3O3/c1-2-19-10-5-6-13(19)12-18-16(21)9-11-20-14-7-3-4-8-15(14)23-17(20)22/h3-4,7-8,13H,2,5-6,9-12H2,1H3,(H,18,21). The fraction of sp³-hybridized carbons (Fsp3) is 0.529. The van der Waals surface area contributed by atoms with Crippen molar-refractivity contribution < 1.29 is 9.21 Å². The monoisotopic (exact) mass is 317 g/mol. The molecule has 0 saturated carbocycles. The van der Waals surface area contributed by atoms with Crippen molar-refractivity contribution >= 4 is 17.0 Å². The van der Waals surface area contributed by atoms with Gasteiger partial charge in [0.2, 0.25) is 5.91 Å². The third-order valence-corrected chi connectivity index (χ3v) is 4.58. The number of aromatic nitrogens is 1. The van der Waals surface area contributed by atoms with Gasteiger partial charge in [-0.15, -0.1) is 0 Å². The summed E-state index contributed by atoms with van der Waals surface area (Å²) in [6.07, 6.45) is 2.62. The molecule has 1 saturated heterocycles. The summed E-state index contributed by atoms with van der Waals surface area (Å²) in [4.78, 5) is 26.3. The summed E-state index contributed by atoms with van der Waals surface area (Å²) >= 11 is 0. The quantitative estimate of drug-likeness (QED) is 0.878. The van der Waals surface area contributed by atoms with E-state index in [9.17, 15) is 9.59 Å². The van der Waals surface area contributed by atoms with Gasteiger partial charge in [0.25, 0.3) is 0 Å². The van der Waals surface area contributed by atoms with E-state index in [1.807, 2.05) is 18.2 Å². The third kappa shape index (κ3) is 3.47. The number of rotatable bonds is 6. The van der Waals surface area contributed by atoms with Gasteiger partial charge in [0.1, 0.15) is 0 Å². The minimum Gasteiger partial charge on any atom is -0.408 e. The zero-order valence-electron chi connectivity index (χ0n) is 13.5. The molecule has 0 radical (unpaired) electrons. The minimum atomic E-state index is -0.410. The number of benzene rings is 1. The second-order valence-electron chi connectivity index (χ2n) is 5.97. The van der Waals surface area contributed by atoms with E-state index in [1.165, 1.54) is 11.0 Å². The average molecular weight is 317 g/mol. The molecule has 3 rings (SSSR count). The number of carbonyl (C=O) groups excluding carboxylic acids is 1. The van der Waals surface area contributed by atoms with Gasteiger partial charge in [-0.1, -0.05) is 19.1 Å². The molecule has 1 aliphatic heterocycles. The Hall–Kier alpha value is -2.08. The van der Waals surface area contributed by atoms with Crippen molar-refractivity contribution in [2.75, 3.05) is 19.6 Å². The Morgan fingerprint density at radius 3 is 3.04 bits per heavy atom. The van der Waals surface area contributed by atoms with Gasteiger partial charge in [0, 0.05) is 25.6 Å². The number of amides is 1. The smallest absolute Gasteiger partial charge is 0.408 e. The van der Waals surface area contributed by atoms with Crippen LogP contribution in [-0.2, 0) is 11.3 Å². The molecule has 1 aromatic heterocycles. The maximum Gasteiger partial charge on any atom is 0.419 e. The molecule has 2 heterocycles. The van der Waals surface area contributed by atoms with Gasteiger partial charge in [-0.3, -0.25) is 14.3 Å². The normalized spacial score (nSPS) is 18.6. The fourth-order valence-corrected chi connectivity index (χ4v) is 3.30. The Balaban J connectivity index is 1.54. The van der Waals surface area contributed by atoms with Gasteiger partial charge in [0.05, 0.1) is 5.52 Å². The number of likely N-dealkylation sites (tertiary alicyclic amines) is 1. The zero-order valence-corrected chi connectivity index (χ0v) is 13.5. The highest BCUT2D eigenvalue weighted by Gasteiger charge is 2.23. The second-order valence-corrected chi connectivity index (χ2v) is 5.97. The molecule has 6 heteroatoms. The number of nitrogens with zero attached hydrogens (tertiary/aromatic N) is 2. The van der Waals surface area contributed by atoms with Crippen LogP contribution < -0.4 is 11.1 Å². The van der Waals surface area contributed by atoms with Crippen LogP contribution in [0.25, 0.3) is 11.1 Å². The number of nitrogens with one attached hydrogen (secondary N) is 1. The highest BCUT2D eigenvalue weighted by Crippen LogP contribution is 2.15. The summed E-state index contributed by atoms with van der Waals surface area (Å²) in [5, 5.41) is 2.99. The molecule has 1 amide bonds. The molecule has 1 aliphatic rings. The van der Waals surface area contributed by atoms with Gasteiger partial charge >= 0.3 is 5.76 Å². The molecule has 124 valence electrons. The van der Waals surface area contributed by atoms with Gasteiger partial charge in [-0.25, -0.2) is 4.79 Å². The molecule has 1 aromatic carbocycles. The Labute approximate surface area is 135 Å². The van der Waals surface area contributed by atoms with E-state index in [2.05, 4.69) is 17.1 Å². The lowest BCUT2D eigenvalue weighted by Gasteiger charge is -2.22. The summed E-state index contributed by atoms with van der Waals surface area (Å²) < 4.78 is 6.69. The van der Waals surface area contributed by atoms with Crippen LogP contribution >= 0.6 is 0 Å². The number of likely N-dealkylation sites (N-methyl/N-ethyl adjacent to an activating group) is 1. The molecular formula is C17H23N3O3. The van der Waals surface area contributed by atoms with Crippen molar-refractivity contribution in [3.63, 3.8) is 0 Å². The fourth-order valence-electron chi connectivity index (χ4n) is 3.30. The van der Waals surface area contributed by atoms with Gasteiger partial charge in [-0.2, -0.15) is 0 Å². The Kier molecular flexibility index (Phi) is 4.81. The molecule has 0 aliphatic carbocycles. The lowest BCUT2D eigenvalue weighted by molar-refractivity contribution is -0.121. The molecule has 0 bridgehead atoms. The summed E-state index contributed by atoms with van der Waals surface area (Å²) in [7, 11) is 0. The van der Waals surface area contributed by atoms with E-state index < -0.39 is 5.76 Å². The Morgan fingerprint density at radius 2 is 2.22 bits per heavy atom. The van der Waals surface area contributed by atoms with E-state index >= 15 is 0 Å². The first kappa shape index (κ1) is 15.8. The average Bonchev–Trinajstić information content (AvgIpc) is 3.14. The van der Waals surface area contributed by atoms with Crippen molar-refractivity contribution in [2.24, 2.45) is 0 Å². The molecule has 1 unspecified atom stereocenters. The summed E-state index contributed by atoms with van der Waals surface area (Å²) in [6.45, 7) is 5.32. The van der Waals surface area contributed by atoms with E-state index in [1.54, 1.807) is 6.07 Å². The lowest BCUT2D eigenvalue weighted by Crippen LogP contribution is -2.40. The predicted molar refractivity (Wildman–Crippen MR) is 88.4 cm³/mol. The van der Waals surface area contributed by atoms with Crippen LogP contribution in [0.2, 0.25) is 0 Å². The number of hydrogen-bond donors (Lipinski definition) is 1. The highest BCUT2D eigenvalue weighted by molar-refractivity contribution is 5.76. The summed E-state index contributed by atoms with van der Waals surface area (Å²) in [5.74, 6) is -0.433. The molecular weight excluding hydrogens is 294 g/mol. The topological polar surface area (TPSA) is 67.5 Å². The SMILES string of the molecule is CCN1CCCC1CNC(=O)CCn1c(=O)oc2ccccc21. The van der Waals surface area contributed by atoms with Crippen LogP contribution in [0.15, 0.2) is 33.5 Å². The lowest BCUT2D eigenvalue weighted by atomic mass is 10.2. The van der Waals surface area contributed by atoms with Crippen molar-refractivity contribution in [3.05, 3.63) is 34.8 Å². The first-order chi connectivity index (χ1) is 11.2. The van der Waals surface area contributed by atoms with E-state index in [0.29, 0.717) is 24.7 Å². The van der Waals surface area contributed by atoms with Crippen LogP contribution in [0, 0.1) is 0 Å². The van der Waals surface area contributed by atoms with Crippen LogP contribution in [0.1, 0.15) is 26.2 Å². The van der Waals surface area contributed by atoms with E-state index in [0.717, 1.165) is 25.0 Å². The molecule has 6 nitrogen and oxygen atoms in total. The largest absolute Gasteiger partial charge is 0.419 e. The van der Waals surface area contributed by atoms with Crippen LogP contribution in [0.3, 0.4) is 0 Å². The first-order valence-electron chi connectivity index (χ1n) is 8.28. The van der Waals surface area contributed by atoms with Crippen molar-refractivity contribution in [1.29, 1.82) is 0 Å². The summed E-state index contributed by atoms with van der Waals surface area (Å²) in [5.41, 5.74) is 1.29. The maximum absolute atomic E-state index is 12.1. The molecule has 1 fully saturated rings. The predicted octanol–water partition coefficient (Wildman–Crippen LogP) is 1.59. The number of para-hydroxylation sites is 2. The maximum atomic E-state index is 12.1. The van der Waals surface area contributed by atoms with Gasteiger partial charge in [-0.05, 0) is 38.1 Å². The minimum absolute atomic E-state index is 0.0230. The highest BCUT2D eigenvalue weighted by atomic mass is 16.4. The molecule has 0 spiro atoms. The molecule has 1 atom stereocenters. The van der Waals surface area contributed by atoms with Crippen molar-refractivity contribution in [1.82, 2.24) is 14.8 Å². The van der Waals surface area contributed by atoms with E-state index in [-0.39, 0.29) is 12.3 Å². The van der Waals surface area contributed by atoms with Crippen LogP contribution in [0.4, 0.5) is 0 Å². The molecule has 2 aromatic rings. The van der Waals surface area contributed by atoms with Crippen molar-refractivity contribution in [2.45, 2.75) is 38.8 Å². The second kappa shape index (κ2) is 7.00. The van der Waals surface area contributed by atoms with Crippen LogP contribution in [0.5, 0.6) is 0 Å². The molecule has 1 N–H and O–H groups in total. The molecule has 23 heavy (non-hydrogen) atoms. The Morgan fingerprint density at radius 1 is 1.39 bits per heavy atom. The zero-order chi connectivity index (χ0) is 16.2. The number of hydrogen-bond acceptors (Lipinski definition) is 4. The van der Waals surface area contributed by atoms with Gasteiger partial charge < -0.3 is 9.73 Å². The number of fused-ring (bicyclic) bond motifs is 1. The van der Waals surface area contributed by atoms with E-state index in [4.69, 9.17) is 4.42 Å². The third-order valence-electron chi connectivity index (χ3n) is 4.58. The Bertz CT molecular complexity index is 734. The summed E-state index contributed by atoms with van der Waals surface area (Å²) in [6, 6.07) is 7.71. The number of oxazole rings is 1. The number of aryl methyl sites for hydroxylation is 1. The van der Waals surface area contributed by atoms with Crippen LogP contribution in [-0.4, -0.2) is 41.1 Å². The first-order valence-corrected chi connectivity index (χ1v) is 8.28.